The average Bonchev–Trinajstić information content (AvgIpc) is 2.83. The topological polar surface area (TPSA) is 159 Å². The number of hydrogen-bond donors (Lipinski definition) is 4. The van der Waals surface area contributed by atoms with Crippen molar-refractivity contribution in [2.45, 2.75) is 25.7 Å². The van der Waals surface area contributed by atoms with Crippen LogP contribution in [0.3, 0.4) is 0 Å². The molecular weight excluding hydrogens is 440 g/mol. The van der Waals surface area contributed by atoms with Crippen LogP contribution >= 0.6 is 0 Å². The SMILES string of the molecule is O=C(O)CCC(=O)Nc1ccc(-c2cnc(-c3ccc(NC(=O)CCC(=O)O)cc3)nc2)cc1. The van der Waals surface area contributed by atoms with E-state index in [4.69, 9.17) is 10.2 Å². The molecule has 0 spiro atoms. The number of aromatic nitrogens is 2. The lowest BCUT2D eigenvalue weighted by molar-refractivity contribution is -0.138. The third-order valence-electron chi connectivity index (χ3n) is 4.71. The molecule has 1 heterocycles. The van der Waals surface area contributed by atoms with Gasteiger partial charge in [0.1, 0.15) is 0 Å². The molecule has 2 amide bonds. The normalized spacial score (nSPS) is 10.4. The molecule has 0 atom stereocenters. The summed E-state index contributed by atoms with van der Waals surface area (Å²) in [5.41, 5.74) is 3.47. The van der Waals surface area contributed by atoms with Gasteiger partial charge in [-0.15, -0.1) is 0 Å². The van der Waals surface area contributed by atoms with E-state index in [1.54, 1.807) is 60.9 Å². The van der Waals surface area contributed by atoms with E-state index in [0.29, 0.717) is 17.2 Å². The third kappa shape index (κ3) is 7.23. The summed E-state index contributed by atoms with van der Waals surface area (Å²) in [7, 11) is 0. The van der Waals surface area contributed by atoms with Crippen molar-refractivity contribution in [2.75, 3.05) is 10.6 Å². The Balaban J connectivity index is 1.59. The number of rotatable bonds is 10. The van der Waals surface area contributed by atoms with Crippen LogP contribution in [0.4, 0.5) is 11.4 Å². The van der Waals surface area contributed by atoms with Gasteiger partial charge in [-0.3, -0.25) is 19.2 Å². The van der Waals surface area contributed by atoms with Gasteiger partial charge in [-0.05, 0) is 42.0 Å². The van der Waals surface area contributed by atoms with Crippen molar-refractivity contribution >= 4 is 35.1 Å². The molecular formula is C24H22N4O6. The zero-order valence-electron chi connectivity index (χ0n) is 18.0. The summed E-state index contributed by atoms with van der Waals surface area (Å²) in [4.78, 5) is 53.3. The first-order valence-corrected chi connectivity index (χ1v) is 10.4. The highest BCUT2D eigenvalue weighted by Gasteiger charge is 2.09. The average molecular weight is 462 g/mol. The van der Waals surface area contributed by atoms with Crippen LogP contribution in [0, 0.1) is 0 Å². The lowest BCUT2D eigenvalue weighted by Gasteiger charge is -2.07. The maximum atomic E-state index is 11.7. The monoisotopic (exact) mass is 462 g/mol. The van der Waals surface area contributed by atoms with E-state index in [-0.39, 0.29) is 37.5 Å². The molecule has 174 valence electrons. The minimum Gasteiger partial charge on any atom is -0.481 e. The van der Waals surface area contributed by atoms with E-state index in [1.807, 2.05) is 0 Å². The van der Waals surface area contributed by atoms with E-state index >= 15 is 0 Å². The Bertz CT molecular complexity index is 1080. The predicted molar refractivity (Wildman–Crippen MR) is 124 cm³/mol. The Labute approximate surface area is 194 Å². The largest absolute Gasteiger partial charge is 0.481 e. The Morgan fingerprint density at radius 3 is 1.41 bits per heavy atom. The van der Waals surface area contributed by atoms with E-state index in [0.717, 1.165) is 16.7 Å². The molecule has 3 rings (SSSR count). The first-order chi connectivity index (χ1) is 16.3. The van der Waals surface area contributed by atoms with Crippen molar-refractivity contribution in [1.82, 2.24) is 9.97 Å². The molecule has 2 aromatic carbocycles. The van der Waals surface area contributed by atoms with Crippen LogP contribution in [0.15, 0.2) is 60.9 Å². The second kappa shape index (κ2) is 11.3. The van der Waals surface area contributed by atoms with Crippen molar-refractivity contribution in [3.8, 4) is 22.5 Å². The molecule has 0 bridgehead atoms. The molecule has 10 nitrogen and oxygen atoms in total. The summed E-state index contributed by atoms with van der Waals surface area (Å²) < 4.78 is 0. The first-order valence-electron chi connectivity index (χ1n) is 10.4. The lowest BCUT2D eigenvalue weighted by atomic mass is 10.1. The van der Waals surface area contributed by atoms with Gasteiger partial charge >= 0.3 is 11.9 Å². The number of hydrogen-bond acceptors (Lipinski definition) is 6. The molecule has 3 aromatic rings. The molecule has 0 aliphatic heterocycles. The number of benzene rings is 2. The summed E-state index contributed by atoms with van der Waals surface area (Å²) in [6.45, 7) is 0. The zero-order chi connectivity index (χ0) is 24.5. The van der Waals surface area contributed by atoms with Gasteiger partial charge in [0.15, 0.2) is 5.82 Å². The van der Waals surface area contributed by atoms with Crippen LogP contribution in [-0.4, -0.2) is 43.9 Å². The molecule has 4 N–H and O–H groups in total. The highest BCUT2D eigenvalue weighted by molar-refractivity contribution is 5.93. The number of nitrogens with zero attached hydrogens (tertiary/aromatic N) is 2. The van der Waals surface area contributed by atoms with Gasteiger partial charge in [0.25, 0.3) is 0 Å². The van der Waals surface area contributed by atoms with Crippen LogP contribution in [-0.2, 0) is 19.2 Å². The van der Waals surface area contributed by atoms with Crippen LogP contribution in [0.2, 0.25) is 0 Å². The molecule has 0 saturated heterocycles. The lowest BCUT2D eigenvalue weighted by Crippen LogP contribution is -2.13. The standard InChI is InChI=1S/C24H22N4O6/c29-20(9-11-22(31)32)27-18-5-1-15(2-6-18)17-13-25-24(26-14-17)16-3-7-19(8-4-16)28-21(30)10-12-23(33)34/h1-8,13-14H,9-12H2,(H,27,29)(H,28,30)(H,31,32)(H,33,34). The molecule has 0 aliphatic rings. The molecule has 0 aliphatic carbocycles. The summed E-state index contributed by atoms with van der Waals surface area (Å²) in [5.74, 6) is -2.29. The number of aliphatic carboxylic acids is 2. The van der Waals surface area contributed by atoms with Crippen molar-refractivity contribution in [2.24, 2.45) is 0 Å². The highest BCUT2D eigenvalue weighted by atomic mass is 16.4. The molecule has 0 radical (unpaired) electrons. The molecule has 34 heavy (non-hydrogen) atoms. The van der Waals surface area contributed by atoms with Crippen LogP contribution in [0.1, 0.15) is 25.7 Å². The summed E-state index contributed by atoms with van der Waals surface area (Å²) in [6.07, 6.45) is 2.70. The Hall–Kier alpha value is -4.60. The molecule has 0 unspecified atom stereocenters. The van der Waals surface area contributed by atoms with Gasteiger partial charge in [-0.2, -0.15) is 0 Å². The molecule has 0 saturated carbocycles. The van der Waals surface area contributed by atoms with Gasteiger partial charge in [0.2, 0.25) is 11.8 Å². The highest BCUT2D eigenvalue weighted by Crippen LogP contribution is 2.23. The Morgan fingerprint density at radius 2 is 1.00 bits per heavy atom. The van der Waals surface area contributed by atoms with E-state index in [9.17, 15) is 19.2 Å². The number of anilines is 2. The molecule has 1 aromatic heterocycles. The van der Waals surface area contributed by atoms with Crippen molar-refractivity contribution in [3.05, 3.63) is 60.9 Å². The van der Waals surface area contributed by atoms with Crippen LogP contribution in [0.25, 0.3) is 22.5 Å². The number of carbonyl (C=O) groups is 4. The zero-order valence-corrected chi connectivity index (χ0v) is 18.0. The van der Waals surface area contributed by atoms with Crippen molar-refractivity contribution in [3.63, 3.8) is 0 Å². The maximum absolute atomic E-state index is 11.7. The number of carboxylic acids is 2. The number of carbonyl (C=O) groups excluding carboxylic acids is 2. The Morgan fingerprint density at radius 1 is 0.588 bits per heavy atom. The van der Waals surface area contributed by atoms with Crippen molar-refractivity contribution < 1.29 is 29.4 Å². The fraction of sp³-hybridized carbons (Fsp3) is 0.167. The smallest absolute Gasteiger partial charge is 0.303 e. The minimum absolute atomic E-state index is 0.0928. The summed E-state index contributed by atoms with van der Waals surface area (Å²) >= 11 is 0. The van der Waals surface area contributed by atoms with Gasteiger partial charge in [-0.25, -0.2) is 9.97 Å². The minimum atomic E-state index is -1.03. The van der Waals surface area contributed by atoms with E-state index < -0.39 is 11.9 Å². The third-order valence-corrected chi connectivity index (χ3v) is 4.71. The quantitative estimate of drug-likeness (QED) is 0.357. The van der Waals surface area contributed by atoms with Gasteiger partial charge in [-0.1, -0.05) is 12.1 Å². The number of nitrogens with one attached hydrogen (secondary N) is 2. The van der Waals surface area contributed by atoms with Gasteiger partial charge in [0.05, 0.1) is 12.8 Å². The van der Waals surface area contributed by atoms with E-state index in [1.165, 1.54) is 0 Å². The van der Waals surface area contributed by atoms with Crippen LogP contribution < -0.4 is 10.6 Å². The maximum Gasteiger partial charge on any atom is 0.303 e. The predicted octanol–water partition coefficient (Wildman–Crippen LogP) is 3.42. The second-order valence-corrected chi connectivity index (χ2v) is 7.33. The molecule has 10 heteroatoms. The first kappa shape index (κ1) is 24.1. The number of carboxylic acid groups (broad SMARTS) is 2. The van der Waals surface area contributed by atoms with Gasteiger partial charge in [0, 0.05) is 47.7 Å². The van der Waals surface area contributed by atoms with E-state index in [2.05, 4.69) is 20.6 Å². The van der Waals surface area contributed by atoms with Crippen LogP contribution in [0.5, 0.6) is 0 Å². The Kier molecular flexibility index (Phi) is 8.01. The summed E-state index contributed by atoms with van der Waals surface area (Å²) in [6, 6.07) is 13.9. The fourth-order valence-electron chi connectivity index (χ4n) is 2.96. The fourth-order valence-corrected chi connectivity index (χ4v) is 2.96. The van der Waals surface area contributed by atoms with Gasteiger partial charge < -0.3 is 20.8 Å². The summed E-state index contributed by atoms with van der Waals surface area (Å²) in [5, 5.41) is 22.6. The van der Waals surface area contributed by atoms with Crippen molar-refractivity contribution in [1.29, 1.82) is 0 Å². The molecule has 0 fully saturated rings. The second-order valence-electron chi connectivity index (χ2n) is 7.33. The number of amides is 2.